The van der Waals surface area contributed by atoms with E-state index in [1.54, 1.807) is 0 Å². The third kappa shape index (κ3) is 3.32. The van der Waals surface area contributed by atoms with Gasteiger partial charge in [-0.3, -0.25) is 4.79 Å². The highest BCUT2D eigenvalue weighted by atomic mass is 19.1. The molecule has 0 aliphatic heterocycles. The molecule has 0 fully saturated rings. The molecule has 1 atom stereocenters. The number of rotatable bonds is 5. The van der Waals surface area contributed by atoms with Gasteiger partial charge in [-0.1, -0.05) is 13.3 Å². The van der Waals surface area contributed by atoms with Crippen LogP contribution in [0.5, 0.6) is 0 Å². The maximum atomic E-state index is 13.0. The smallest absolute Gasteiger partial charge is 0.287 e. The van der Waals surface area contributed by atoms with Crippen molar-refractivity contribution in [2.75, 3.05) is 6.54 Å². The summed E-state index contributed by atoms with van der Waals surface area (Å²) in [6.45, 7) is 2.14. The second kappa shape index (κ2) is 5.84. The molecule has 19 heavy (non-hydrogen) atoms. The minimum absolute atomic E-state index is 0.115. The van der Waals surface area contributed by atoms with Crippen molar-refractivity contribution < 1.29 is 18.7 Å². The number of aliphatic hydroxyl groups is 1. The molecule has 5 heteroatoms. The molecule has 0 saturated carbocycles. The summed E-state index contributed by atoms with van der Waals surface area (Å²) in [5, 5.41) is 12.6. The van der Waals surface area contributed by atoms with Crippen molar-refractivity contribution in [3.8, 4) is 0 Å². The molecule has 0 spiro atoms. The summed E-state index contributed by atoms with van der Waals surface area (Å²) in [5.74, 6) is -0.672. The molecule has 1 unspecified atom stereocenters. The van der Waals surface area contributed by atoms with Crippen molar-refractivity contribution in [3.63, 3.8) is 0 Å². The molecule has 102 valence electrons. The zero-order valence-corrected chi connectivity index (χ0v) is 10.6. The molecule has 2 N–H and O–H groups in total. The summed E-state index contributed by atoms with van der Waals surface area (Å²) in [6, 6.07) is 5.55. The van der Waals surface area contributed by atoms with Crippen LogP contribution < -0.4 is 5.32 Å². The normalized spacial score (nSPS) is 12.6. The molecule has 1 aromatic carbocycles. The second-order valence-electron chi connectivity index (χ2n) is 4.45. The number of carbonyl (C=O) groups excluding carboxylic acids is 1. The van der Waals surface area contributed by atoms with Crippen LogP contribution in [0.3, 0.4) is 0 Å². The van der Waals surface area contributed by atoms with Crippen LogP contribution in [0.15, 0.2) is 28.7 Å². The van der Waals surface area contributed by atoms with E-state index in [-0.39, 0.29) is 18.1 Å². The molecular weight excluding hydrogens is 249 g/mol. The fourth-order valence-corrected chi connectivity index (χ4v) is 1.86. The highest BCUT2D eigenvalue weighted by Gasteiger charge is 2.13. The Hall–Kier alpha value is -1.88. The first-order valence-electron chi connectivity index (χ1n) is 6.25. The summed E-state index contributed by atoms with van der Waals surface area (Å²) in [5.41, 5.74) is 0.459. The molecule has 0 saturated heterocycles. The van der Waals surface area contributed by atoms with E-state index >= 15 is 0 Å². The van der Waals surface area contributed by atoms with E-state index in [2.05, 4.69) is 5.32 Å². The number of amides is 1. The van der Waals surface area contributed by atoms with Crippen LogP contribution in [0.1, 0.15) is 30.3 Å². The van der Waals surface area contributed by atoms with Crippen molar-refractivity contribution in [2.24, 2.45) is 0 Å². The van der Waals surface area contributed by atoms with Crippen LogP contribution in [0.25, 0.3) is 11.0 Å². The Labute approximate surface area is 110 Å². The van der Waals surface area contributed by atoms with Crippen molar-refractivity contribution in [1.82, 2.24) is 5.32 Å². The first kappa shape index (κ1) is 13.5. The molecule has 4 nitrogen and oxygen atoms in total. The highest BCUT2D eigenvalue weighted by Crippen LogP contribution is 2.20. The minimum Gasteiger partial charge on any atom is -0.451 e. The minimum atomic E-state index is -0.559. The molecule has 1 aromatic heterocycles. The molecule has 1 heterocycles. The van der Waals surface area contributed by atoms with Gasteiger partial charge in [0.2, 0.25) is 0 Å². The standard InChI is InChI=1S/C14H16FNO3/c1-2-3-11(17)8-16-14(18)13-7-9-6-10(15)4-5-12(9)19-13/h4-7,11,17H,2-3,8H2,1H3,(H,16,18). The molecule has 1 amide bonds. The average molecular weight is 265 g/mol. The zero-order chi connectivity index (χ0) is 13.8. The van der Waals surface area contributed by atoms with Gasteiger partial charge in [-0.15, -0.1) is 0 Å². The van der Waals surface area contributed by atoms with Crippen molar-refractivity contribution in [3.05, 3.63) is 35.8 Å². The number of furan rings is 1. The zero-order valence-electron chi connectivity index (χ0n) is 10.6. The number of halogens is 1. The SMILES string of the molecule is CCCC(O)CNC(=O)c1cc2cc(F)ccc2o1. The van der Waals surface area contributed by atoms with E-state index in [1.165, 1.54) is 24.3 Å². The monoisotopic (exact) mass is 265 g/mol. The van der Waals surface area contributed by atoms with E-state index in [4.69, 9.17) is 4.42 Å². The number of aliphatic hydroxyl groups excluding tert-OH is 1. The van der Waals surface area contributed by atoms with E-state index in [9.17, 15) is 14.3 Å². The third-order valence-corrected chi connectivity index (χ3v) is 2.82. The van der Waals surface area contributed by atoms with E-state index in [0.29, 0.717) is 17.4 Å². The van der Waals surface area contributed by atoms with Gasteiger partial charge in [0, 0.05) is 11.9 Å². The summed E-state index contributed by atoms with van der Waals surface area (Å²) in [6.07, 6.45) is 0.919. The van der Waals surface area contributed by atoms with Crippen molar-refractivity contribution in [2.45, 2.75) is 25.9 Å². The largest absolute Gasteiger partial charge is 0.451 e. The van der Waals surface area contributed by atoms with Crippen LogP contribution in [0.4, 0.5) is 4.39 Å². The van der Waals surface area contributed by atoms with Crippen LogP contribution >= 0.6 is 0 Å². The van der Waals surface area contributed by atoms with Crippen LogP contribution in [0.2, 0.25) is 0 Å². The fourth-order valence-electron chi connectivity index (χ4n) is 1.86. The van der Waals surface area contributed by atoms with Gasteiger partial charge in [0.05, 0.1) is 6.10 Å². The van der Waals surface area contributed by atoms with Gasteiger partial charge in [-0.2, -0.15) is 0 Å². The van der Waals surface area contributed by atoms with Crippen molar-refractivity contribution in [1.29, 1.82) is 0 Å². The Bertz CT molecular complexity index is 579. The number of hydrogen-bond acceptors (Lipinski definition) is 3. The molecule has 0 aliphatic rings. The highest BCUT2D eigenvalue weighted by molar-refractivity contribution is 5.96. The molecule has 0 bridgehead atoms. The molecule has 2 aromatic rings. The Morgan fingerprint density at radius 2 is 2.26 bits per heavy atom. The maximum Gasteiger partial charge on any atom is 0.287 e. The molecule has 0 radical (unpaired) electrons. The van der Waals surface area contributed by atoms with Crippen LogP contribution in [-0.4, -0.2) is 23.7 Å². The Morgan fingerprint density at radius 3 is 3.00 bits per heavy atom. The van der Waals surface area contributed by atoms with Gasteiger partial charge < -0.3 is 14.8 Å². The summed E-state index contributed by atoms with van der Waals surface area (Å²) < 4.78 is 18.3. The third-order valence-electron chi connectivity index (χ3n) is 2.82. The lowest BCUT2D eigenvalue weighted by Gasteiger charge is -2.09. The maximum absolute atomic E-state index is 13.0. The predicted molar refractivity (Wildman–Crippen MR) is 69.4 cm³/mol. The summed E-state index contributed by atoms with van der Waals surface area (Å²) >= 11 is 0. The topological polar surface area (TPSA) is 62.5 Å². The number of benzene rings is 1. The quantitative estimate of drug-likeness (QED) is 0.873. The van der Waals surface area contributed by atoms with Gasteiger partial charge in [0.15, 0.2) is 5.76 Å². The number of hydrogen-bond donors (Lipinski definition) is 2. The van der Waals surface area contributed by atoms with Gasteiger partial charge in [-0.25, -0.2) is 4.39 Å². The van der Waals surface area contributed by atoms with E-state index in [1.807, 2.05) is 6.92 Å². The Balaban J connectivity index is 2.05. The fraction of sp³-hybridized carbons (Fsp3) is 0.357. The van der Waals surface area contributed by atoms with E-state index in [0.717, 1.165) is 6.42 Å². The van der Waals surface area contributed by atoms with Crippen LogP contribution in [-0.2, 0) is 0 Å². The Kier molecular flexibility index (Phi) is 4.16. The second-order valence-corrected chi connectivity index (χ2v) is 4.45. The van der Waals surface area contributed by atoms with Gasteiger partial charge in [-0.05, 0) is 30.7 Å². The number of nitrogens with one attached hydrogen (secondary N) is 1. The lowest BCUT2D eigenvalue weighted by atomic mass is 10.2. The summed E-state index contributed by atoms with van der Waals surface area (Å²) in [4.78, 5) is 11.8. The van der Waals surface area contributed by atoms with Crippen LogP contribution in [0, 0.1) is 5.82 Å². The van der Waals surface area contributed by atoms with Gasteiger partial charge in [0.25, 0.3) is 5.91 Å². The number of fused-ring (bicyclic) bond motifs is 1. The molecular formula is C14H16FNO3. The first-order valence-corrected chi connectivity index (χ1v) is 6.25. The molecule has 2 rings (SSSR count). The van der Waals surface area contributed by atoms with Crippen molar-refractivity contribution >= 4 is 16.9 Å². The lowest BCUT2D eigenvalue weighted by Crippen LogP contribution is -2.31. The Morgan fingerprint density at radius 1 is 1.47 bits per heavy atom. The van der Waals surface area contributed by atoms with Gasteiger partial charge in [0.1, 0.15) is 11.4 Å². The number of carbonyl (C=O) groups is 1. The first-order chi connectivity index (χ1) is 9.10. The van der Waals surface area contributed by atoms with E-state index < -0.39 is 12.0 Å². The lowest BCUT2D eigenvalue weighted by molar-refractivity contribution is 0.0885. The molecule has 0 aliphatic carbocycles. The average Bonchev–Trinajstić information content (AvgIpc) is 2.79. The van der Waals surface area contributed by atoms with Gasteiger partial charge >= 0.3 is 0 Å². The summed E-state index contributed by atoms with van der Waals surface area (Å²) in [7, 11) is 0. The predicted octanol–water partition coefficient (Wildman–Crippen LogP) is 2.46.